The van der Waals surface area contributed by atoms with Crippen LogP contribution in [-0.2, 0) is 0 Å². The minimum Gasteiger partial charge on any atom is -0.385 e. The number of hydrogen-bond acceptors (Lipinski definition) is 4. The predicted molar refractivity (Wildman–Crippen MR) is 43.6 cm³/mol. The minimum atomic E-state index is -0.596. The summed E-state index contributed by atoms with van der Waals surface area (Å²) in [5, 5.41) is 13.0. The quantitative estimate of drug-likeness (QED) is 0.749. The highest BCUT2D eigenvalue weighted by Gasteiger charge is 2.14. The monoisotopic (exact) mass is 170 g/mol. The fourth-order valence-electron chi connectivity index (χ4n) is 0.800. The minimum absolute atomic E-state index is 0.218. The van der Waals surface area contributed by atoms with Gasteiger partial charge in [0.15, 0.2) is 5.82 Å². The lowest BCUT2D eigenvalue weighted by Gasteiger charge is -1.98. The first-order valence-corrected chi connectivity index (χ1v) is 4.16. The van der Waals surface area contributed by atoms with Gasteiger partial charge in [0, 0.05) is 5.92 Å². The molecule has 0 saturated carbocycles. The van der Waals surface area contributed by atoms with E-state index < -0.39 is 6.10 Å². The van der Waals surface area contributed by atoms with E-state index in [1.165, 1.54) is 0 Å². The Morgan fingerprint density at radius 3 is 2.58 bits per heavy atom. The van der Waals surface area contributed by atoms with Gasteiger partial charge in [-0.3, -0.25) is 0 Å². The highest BCUT2D eigenvalue weighted by Crippen LogP contribution is 2.16. The lowest BCUT2D eigenvalue weighted by Crippen LogP contribution is -1.98. The van der Waals surface area contributed by atoms with Crippen LogP contribution in [0.1, 0.15) is 50.9 Å². The van der Waals surface area contributed by atoms with Crippen LogP contribution in [0.5, 0.6) is 0 Å². The summed E-state index contributed by atoms with van der Waals surface area (Å²) in [6, 6.07) is 0. The lowest BCUT2D eigenvalue weighted by molar-refractivity contribution is 0.159. The Balaban J connectivity index is 2.77. The van der Waals surface area contributed by atoms with E-state index in [4.69, 9.17) is 4.52 Å². The largest absolute Gasteiger partial charge is 0.385 e. The van der Waals surface area contributed by atoms with Crippen molar-refractivity contribution < 1.29 is 9.63 Å². The van der Waals surface area contributed by atoms with Crippen molar-refractivity contribution in [2.75, 3.05) is 0 Å². The molecule has 0 aromatic carbocycles. The third-order valence-corrected chi connectivity index (χ3v) is 1.64. The van der Waals surface area contributed by atoms with E-state index in [0.717, 1.165) is 0 Å². The van der Waals surface area contributed by atoms with Crippen LogP contribution >= 0.6 is 0 Å². The van der Waals surface area contributed by atoms with Crippen LogP contribution in [0.25, 0.3) is 0 Å². The molecule has 0 saturated heterocycles. The van der Waals surface area contributed by atoms with Crippen molar-refractivity contribution in [2.45, 2.75) is 39.2 Å². The fraction of sp³-hybridized carbons (Fsp3) is 0.750. The van der Waals surface area contributed by atoms with Gasteiger partial charge in [-0.05, 0) is 6.42 Å². The van der Waals surface area contributed by atoms with Crippen molar-refractivity contribution in [1.82, 2.24) is 10.1 Å². The summed E-state index contributed by atoms with van der Waals surface area (Å²) in [5.41, 5.74) is 0. The highest BCUT2D eigenvalue weighted by atomic mass is 16.5. The second kappa shape index (κ2) is 3.67. The van der Waals surface area contributed by atoms with Crippen LogP contribution in [-0.4, -0.2) is 15.2 Å². The van der Waals surface area contributed by atoms with Gasteiger partial charge in [0.25, 0.3) is 0 Å². The molecular formula is C8H14N2O2. The van der Waals surface area contributed by atoms with E-state index in [1.54, 1.807) is 0 Å². The maximum atomic E-state index is 9.34. The van der Waals surface area contributed by atoms with Gasteiger partial charge in [-0.15, -0.1) is 0 Å². The molecule has 0 radical (unpaired) electrons. The predicted octanol–water partition coefficient (Wildman–Crippen LogP) is 1.64. The third-order valence-electron chi connectivity index (χ3n) is 1.64. The lowest BCUT2D eigenvalue weighted by atomic mass is 10.2. The summed E-state index contributed by atoms with van der Waals surface area (Å²) in [4.78, 5) is 4.05. The maximum Gasteiger partial charge on any atom is 0.229 e. The Hall–Kier alpha value is -0.900. The van der Waals surface area contributed by atoms with Crippen molar-refractivity contribution in [3.05, 3.63) is 11.7 Å². The van der Waals surface area contributed by atoms with Crippen molar-refractivity contribution in [3.8, 4) is 0 Å². The molecule has 1 unspecified atom stereocenters. The molecule has 1 heterocycles. The number of rotatable bonds is 3. The molecule has 12 heavy (non-hydrogen) atoms. The molecule has 0 bridgehead atoms. The molecule has 68 valence electrons. The molecule has 1 N–H and O–H groups in total. The van der Waals surface area contributed by atoms with Crippen LogP contribution in [0, 0.1) is 0 Å². The zero-order valence-corrected chi connectivity index (χ0v) is 7.61. The smallest absolute Gasteiger partial charge is 0.229 e. The van der Waals surface area contributed by atoms with Crippen molar-refractivity contribution in [2.24, 2.45) is 0 Å². The number of nitrogens with zero attached hydrogens (tertiary/aromatic N) is 2. The van der Waals surface area contributed by atoms with E-state index in [1.807, 2.05) is 20.8 Å². The van der Waals surface area contributed by atoms with Gasteiger partial charge in [-0.25, -0.2) is 0 Å². The van der Waals surface area contributed by atoms with E-state index in [0.29, 0.717) is 18.1 Å². The van der Waals surface area contributed by atoms with E-state index in [-0.39, 0.29) is 5.92 Å². The van der Waals surface area contributed by atoms with Crippen LogP contribution in [0.15, 0.2) is 4.52 Å². The first kappa shape index (κ1) is 9.19. The molecule has 0 amide bonds. The SMILES string of the molecule is CCC(O)c1noc(C(C)C)n1. The zero-order valence-electron chi connectivity index (χ0n) is 7.61. The molecular weight excluding hydrogens is 156 g/mol. The summed E-state index contributed by atoms with van der Waals surface area (Å²) in [5.74, 6) is 1.19. The summed E-state index contributed by atoms with van der Waals surface area (Å²) in [7, 11) is 0. The number of hydrogen-bond donors (Lipinski definition) is 1. The maximum absolute atomic E-state index is 9.34. The zero-order chi connectivity index (χ0) is 9.14. The van der Waals surface area contributed by atoms with Gasteiger partial charge in [0.2, 0.25) is 5.89 Å². The number of aromatic nitrogens is 2. The average molecular weight is 170 g/mol. The Bertz CT molecular complexity index is 245. The first-order valence-electron chi connectivity index (χ1n) is 4.16. The van der Waals surface area contributed by atoms with Gasteiger partial charge in [0.05, 0.1) is 0 Å². The molecule has 1 aromatic heterocycles. The fourth-order valence-corrected chi connectivity index (χ4v) is 0.800. The number of aliphatic hydroxyl groups is 1. The number of aliphatic hydroxyl groups excluding tert-OH is 1. The molecule has 1 atom stereocenters. The second-order valence-electron chi connectivity index (χ2n) is 3.07. The summed E-state index contributed by atoms with van der Waals surface area (Å²) in [6.45, 7) is 5.81. The van der Waals surface area contributed by atoms with Gasteiger partial charge in [0.1, 0.15) is 6.10 Å². The first-order chi connectivity index (χ1) is 5.65. The molecule has 4 nitrogen and oxygen atoms in total. The second-order valence-corrected chi connectivity index (χ2v) is 3.07. The van der Waals surface area contributed by atoms with Gasteiger partial charge < -0.3 is 9.63 Å². The van der Waals surface area contributed by atoms with E-state index >= 15 is 0 Å². The normalized spacial score (nSPS) is 13.8. The highest BCUT2D eigenvalue weighted by molar-refractivity contribution is 4.93. The van der Waals surface area contributed by atoms with E-state index in [9.17, 15) is 5.11 Å². The average Bonchev–Trinajstić information content (AvgIpc) is 2.51. The van der Waals surface area contributed by atoms with Gasteiger partial charge in [-0.2, -0.15) is 4.98 Å². The van der Waals surface area contributed by atoms with Gasteiger partial charge in [-0.1, -0.05) is 25.9 Å². The Morgan fingerprint density at radius 2 is 2.17 bits per heavy atom. The summed E-state index contributed by atoms with van der Waals surface area (Å²) in [6.07, 6.45) is 0.0121. The van der Waals surface area contributed by atoms with Crippen LogP contribution in [0.4, 0.5) is 0 Å². The molecule has 0 fully saturated rings. The van der Waals surface area contributed by atoms with Crippen molar-refractivity contribution >= 4 is 0 Å². The molecule has 0 aliphatic heterocycles. The molecule has 0 spiro atoms. The van der Waals surface area contributed by atoms with Crippen molar-refractivity contribution in [3.63, 3.8) is 0 Å². The standard InChI is InChI=1S/C8H14N2O2/c1-4-6(11)7-9-8(5(2)3)12-10-7/h5-6,11H,4H2,1-3H3. The topological polar surface area (TPSA) is 59.2 Å². The Morgan fingerprint density at radius 1 is 1.50 bits per heavy atom. The van der Waals surface area contributed by atoms with Crippen molar-refractivity contribution in [1.29, 1.82) is 0 Å². The molecule has 0 aliphatic carbocycles. The summed E-state index contributed by atoms with van der Waals surface area (Å²) < 4.78 is 4.93. The molecule has 1 aromatic rings. The van der Waals surface area contributed by atoms with Crippen LogP contribution in [0.2, 0.25) is 0 Å². The summed E-state index contributed by atoms with van der Waals surface area (Å²) >= 11 is 0. The Kier molecular flexibility index (Phi) is 2.81. The molecule has 0 aliphatic rings. The van der Waals surface area contributed by atoms with E-state index in [2.05, 4.69) is 10.1 Å². The van der Waals surface area contributed by atoms with Crippen LogP contribution < -0.4 is 0 Å². The third kappa shape index (κ3) is 1.82. The Labute approximate surface area is 71.6 Å². The van der Waals surface area contributed by atoms with Crippen LogP contribution in [0.3, 0.4) is 0 Å². The van der Waals surface area contributed by atoms with Gasteiger partial charge >= 0.3 is 0 Å². The molecule has 1 rings (SSSR count). The molecule has 4 heteroatoms.